The van der Waals surface area contributed by atoms with E-state index in [1.54, 1.807) is 7.11 Å². The lowest BCUT2D eigenvalue weighted by Crippen LogP contribution is -2.41. The number of amides is 1. The van der Waals surface area contributed by atoms with Crippen LogP contribution in [0.1, 0.15) is 31.7 Å². The number of hydrogen-bond donors (Lipinski definition) is 2. The summed E-state index contributed by atoms with van der Waals surface area (Å²) in [7, 11) is 1.68. The Morgan fingerprint density at radius 1 is 1.50 bits per heavy atom. The van der Waals surface area contributed by atoms with E-state index < -0.39 is 0 Å². The molecule has 2 N–H and O–H groups in total. The predicted octanol–water partition coefficient (Wildman–Crippen LogP) is 2.30. The lowest BCUT2D eigenvalue weighted by Gasteiger charge is -2.20. The van der Waals surface area contributed by atoms with Crippen LogP contribution in [0.4, 0.5) is 0 Å². The third-order valence-corrected chi connectivity index (χ3v) is 4.81. The van der Waals surface area contributed by atoms with E-state index in [2.05, 4.69) is 22.5 Å². The van der Waals surface area contributed by atoms with Crippen LogP contribution in [0.5, 0.6) is 5.75 Å². The number of fused-ring (bicyclic) bond motifs is 1. The molecule has 22 heavy (non-hydrogen) atoms. The number of halogens is 1. The van der Waals surface area contributed by atoms with E-state index in [1.807, 2.05) is 18.2 Å². The normalized spacial score (nSPS) is 29.5. The number of carbonyl (C=O) groups is 1. The van der Waals surface area contributed by atoms with Gasteiger partial charge in [-0.3, -0.25) is 10.1 Å². The maximum atomic E-state index is 11.1. The molecule has 5 nitrogen and oxygen atoms in total. The monoisotopic (exact) mass is 321 g/mol. The minimum atomic E-state index is -0.105. The molecule has 0 radical (unpaired) electrons. The molecule has 6 heteroatoms. The van der Waals surface area contributed by atoms with E-state index in [0.29, 0.717) is 17.8 Å². The SMILES string of the molecule is COc1ccc(Cl)cc1[C@H]1CC2NC(NC(C)=O)=NC2[C@H]1C. The average Bonchev–Trinajstić information content (AvgIpc) is 2.97. The number of methoxy groups -OCH3 is 1. The van der Waals surface area contributed by atoms with Gasteiger partial charge in [-0.2, -0.15) is 0 Å². The van der Waals surface area contributed by atoms with Crippen LogP contribution < -0.4 is 15.4 Å². The molecular formula is C16H20ClN3O2. The van der Waals surface area contributed by atoms with E-state index in [9.17, 15) is 4.79 Å². The molecule has 0 aromatic heterocycles. The number of hydrogen-bond acceptors (Lipinski definition) is 4. The van der Waals surface area contributed by atoms with E-state index in [-0.39, 0.29) is 18.0 Å². The molecular weight excluding hydrogens is 302 g/mol. The Morgan fingerprint density at radius 2 is 2.27 bits per heavy atom. The van der Waals surface area contributed by atoms with Gasteiger partial charge in [-0.1, -0.05) is 18.5 Å². The molecule has 3 rings (SSSR count). The number of rotatable bonds is 2. The Balaban J connectivity index is 1.84. The molecule has 1 amide bonds. The topological polar surface area (TPSA) is 62.7 Å². The van der Waals surface area contributed by atoms with E-state index in [0.717, 1.165) is 22.8 Å². The van der Waals surface area contributed by atoms with Crippen molar-refractivity contribution in [1.82, 2.24) is 10.6 Å². The summed E-state index contributed by atoms with van der Waals surface area (Å²) in [5, 5.41) is 6.76. The van der Waals surface area contributed by atoms with Crippen molar-refractivity contribution in [2.45, 2.75) is 38.3 Å². The zero-order chi connectivity index (χ0) is 15.9. The fourth-order valence-electron chi connectivity index (χ4n) is 3.59. The molecule has 118 valence electrons. The molecule has 1 saturated carbocycles. The minimum absolute atomic E-state index is 0.105. The summed E-state index contributed by atoms with van der Waals surface area (Å²) in [5.74, 6) is 2.03. The van der Waals surface area contributed by atoms with Crippen molar-refractivity contribution >= 4 is 23.5 Å². The number of guanidine groups is 1. The second kappa shape index (κ2) is 5.80. The maximum Gasteiger partial charge on any atom is 0.223 e. The van der Waals surface area contributed by atoms with Crippen LogP contribution in [0, 0.1) is 5.92 Å². The van der Waals surface area contributed by atoms with Crippen LogP contribution in [0.3, 0.4) is 0 Å². The molecule has 0 saturated heterocycles. The summed E-state index contributed by atoms with van der Waals surface area (Å²) >= 11 is 6.15. The summed E-state index contributed by atoms with van der Waals surface area (Å²) in [6, 6.07) is 6.15. The van der Waals surface area contributed by atoms with Crippen LogP contribution in [0.25, 0.3) is 0 Å². The Labute approximate surface area is 135 Å². The standard InChI is InChI=1S/C16H20ClN3O2/c1-8-11(12-6-10(17)4-5-14(12)22-3)7-13-15(8)20-16(19-13)18-9(2)21/h4-6,8,11,13,15H,7H2,1-3H3,(H2,18,19,20,21)/t8-,11-,13?,15?/m0/s1. The second-order valence-corrected chi connectivity index (χ2v) is 6.42. The van der Waals surface area contributed by atoms with Crippen molar-refractivity contribution in [1.29, 1.82) is 0 Å². The van der Waals surface area contributed by atoms with Crippen molar-refractivity contribution in [2.75, 3.05) is 7.11 Å². The molecule has 2 aliphatic rings. The molecule has 1 aromatic rings. The van der Waals surface area contributed by atoms with E-state index >= 15 is 0 Å². The Kier molecular flexibility index (Phi) is 4.00. The predicted molar refractivity (Wildman–Crippen MR) is 86.5 cm³/mol. The van der Waals surface area contributed by atoms with Gasteiger partial charge in [-0.05, 0) is 42.0 Å². The molecule has 1 heterocycles. The molecule has 1 aliphatic carbocycles. The molecule has 0 bridgehead atoms. The smallest absolute Gasteiger partial charge is 0.223 e. The fourth-order valence-corrected chi connectivity index (χ4v) is 3.77. The number of benzene rings is 1. The van der Waals surface area contributed by atoms with Crippen LogP contribution in [0.2, 0.25) is 5.02 Å². The van der Waals surface area contributed by atoms with Crippen molar-refractivity contribution in [3.63, 3.8) is 0 Å². The van der Waals surface area contributed by atoms with Crippen molar-refractivity contribution in [2.24, 2.45) is 10.9 Å². The zero-order valence-electron chi connectivity index (χ0n) is 12.9. The summed E-state index contributed by atoms with van der Waals surface area (Å²) in [4.78, 5) is 15.8. The lowest BCUT2D eigenvalue weighted by atomic mass is 9.88. The zero-order valence-corrected chi connectivity index (χ0v) is 13.6. The van der Waals surface area contributed by atoms with Gasteiger partial charge in [0.2, 0.25) is 5.91 Å². The summed E-state index contributed by atoms with van der Waals surface area (Å²) < 4.78 is 5.49. The molecule has 1 fully saturated rings. The van der Waals surface area contributed by atoms with Crippen LogP contribution in [-0.2, 0) is 4.79 Å². The quantitative estimate of drug-likeness (QED) is 0.878. The number of ether oxygens (including phenoxy) is 1. The lowest BCUT2D eigenvalue weighted by molar-refractivity contribution is -0.117. The van der Waals surface area contributed by atoms with Gasteiger partial charge in [0.05, 0.1) is 19.2 Å². The Bertz CT molecular complexity index is 632. The first kappa shape index (κ1) is 15.2. The summed E-state index contributed by atoms with van der Waals surface area (Å²) in [6.07, 6.45) is 0.940. The number of nitrogens with zero attached hydrogens (tertiary/aromatic N) is 1. The highest BCUT2D eigenvalue weighted by Crippen LogP contribution is 2.46. The van der Waals surface area contributed by atoms with E-state index in [4.69, 9.17) is 16.3 Å². The van der Waals surface area contributed by atoms with Gasteiger partial charge in [0.25, 0.3) is 0 Å². The highest BCUT2D eigenvalue weighted by atomic mass is 35.5. The third-order valence-electron chi connectivity index (χ3n) is 4.58. The number of aliphatic imine (C=N–C) groups is 1. The summed E-state index contributed by atoms with van der Waals surface area (Å²) in [5.41, 5.74) is 1.13. The minimum Gasteiger partial charge on any atom is -0.496 e. The average molecular weight is 322 g/mol. The third kappa shape index (κ3) is 2.65. The van der Waals surface area contributed by atoms with Gasteiger partial charge in [0, 0.05) is 11.9 Å². The van der Waals surface area contributed by atoms with Crippen molar-refractivity contribution < 1.29 is 9.53 Å². The highest BCUT2D eigenvalue weighted by Gasteiger charge is 2.45. The fraction of sp³-hybridized carbons (Fsp3) is 0.500. The molecule has 1 aromatic carbocycles. The van der Waals surface area contributed by atoms with Crippen LogP contribution in [0.15, 0.2) is 23.2 Å². The van der Waals surface area contributed by atoms with Crippen molar-refractivity contribution in [3.8, 4) is 5.75 Å². The van der Waals surface area contributed by atoms with E-state index in [1.165, 1.54) is 6.92 Å². The van der Waals surface area contributed by atoms with Gasteiger partial charge < -0.3 is 10.1 Å². The van der Waals surface area contributed by atoms with Gasteiger partial charge in [0.1, 0.15) is 5.75 Å². The molecule has 4 atom stereocenters. The molecule has 0 spiro atoms. The van der Waals surface area contributed by atoms with Crippen LogP contribution in [-0.4, -0.2) is 31.1 Å². The largest absolute Gasteiger partial charge is 0.496 e. The van der Waals surface area contributed by atoms with Gasteiger partial charge in [-0.25, -0.2) is 4.99 Å². The molecule has 2 unspecified atom stereocenters. The molecule has 1 aliphatic heterocycles. The van der Waals surface area contributed by atoms with Crippen LogP contribution >= 0.6 is 11.6 Å². The number of carbonyl (C=O) groups excluding carboxylic acids is 1. The Hall–Kier alpha value is -1.75. The Morgan fingerprint density at radius 3 is 2.91 bits per heavy atom. The summed E-state index contributed by atoms with van der Waals surface area (Å²) in [6.45, 7) is 3.68. The van der Waals surface area contributed by atoms with Crippen molar-refractivity contribution in [3.05, 3.63) is 28.8 Å². The maximum absolute atomic E-state index is 11.1. The highest BCUT2D eigenvalue weighted by molar-refractivity contribution is 6.30. The number of nitrogens with one attached hydrogen (secondary N) is 2. The second-order valence-electron chi connectivity index (χ2n) is 5.99. The first-order valence-corrected chi connectivity index (χ1v) is 7.82. The first-order valence-electron chi connectivity index (χ1n) is 7.45. The first-order chi connectivity index (χ1) is 10.5. The van der Waals surface area contributed by atoms with Gasteiger partial charge >= 0.3 is 0 Å². The van der Waals surface area contributed by atoms with Gasteiger partial charge in [-0.15, -0.1) is 0 Å². The van der Waals surface area contributed by atoms with Gasteiger partial charge in [0.15, 0.2) is 5.96 Å².